The van der Waals surface area contributed by atoms with Crippen molar-refractivity contribution in [3.63, 3.8) is 0 Å². The fraction of sp³-hybridized carbons (Fsp3) is 0.538. The Morgan fingerprint density at radius 3 is 2.95 bits per heavy atom. The average molecular weight is 287 g/mol. The fourth-order valence-electron chi connectivity index (χ4n) is 2.22. The Labute approximate surface area is 112 Å². The third-order valence-corrected chi connectivity index (χ3v) is 5.67. The highest BCUT2D eigenvalue weighted by Crippen LogP contribution is 2.30. The molecule has 1 heterocycles. The van der Waals surface area contributed by atoms with Crippen LogP contribution in [0.2, 0.25) is 0 Å². The predicted octanol–water partition coefficient (Wildman–Crippen LogP) is 1.28. The number of nitrogens with two attached hydrogens (primary N) is 1. The molecule has 0 bridgehead atoms. The number of sulfone groups is 1. The van der Waals surface area contributed by atoms with E-state index in [0.717, 1.165) is 5.56 Å². The van der Waals surface area contributed by atoms with Gasteiger partial charge in [-0.3, -0.25) is 0 Å². The van der Waals surface area contributed by atoms with Gasteiger partial charge >= 0.3 is 0 Å². The predicted molar refractivity (Wildman–Crippen MR) is 71.4 cm³/mol. The van der Waals surface area contributed by atoms with Crippen LogP contribution in [0.25, 0.3) is 0 Å². The molecule has 0 saturated carbocycles. The number of rotatable bonds is 5. The number of halogens is 1. The third-order valence-electron chi connectivity index (χ3n) is 3.37. The van der Waals surface area contributed by atoms with E-state index in [4.69, 9.17) is 10.5 Å². The molecule has 1 aromatic rings. The first-order chi connectivity index (χ1) is 8.92. The molecular weight excluding hydrogens is 269 g/mol. The summed E-state index contributed by atoms with van der Waals surface area (Å²) in [6, 6.07) is 4.25. The number of fused-ring (bicyclic) bond motifs is 1. The molecule has 0 saturated heterocycles. The van der Waals surface area contributed by atoms with E-state index in [0.29, 0.717) is 25.1 Å². The quantitative estimate of drug-likeness (QED) is 0.885. The Morgan fingerprint density at radius 2 is 2.26 bits per heavy atom. The van der Waals surface area contributed by atoms with Gasteiger partial charge in [-0.05, 0) is 38.1 Å². The van der Waals surface area contributed by atoms with Crippen molar-refractivity contribution >= 4 is 9.84 Å². The number of ether oxygens (including phenoxy) is 1. The molecule has 2 atom stereocenters. The summed E-state index contributed by atoms with van der Waals surface area (Å²) < 4.78 is 42.8. The van der Waals surface area contributed by atoms with Crippen LogP contribution in [0.5, 0.6) is 5.75 Å². The summed E-state index contributed by atoms with van der Waals surface area (Å²) in [5.41, 5.74) is 6.11. The van der Waals surface area contributed by atoms with Gasteiger partial charge in [0.05, 0.1) is 11.0 Å². The molecule has 6 heteroatoms. The van der Waals surface area contributed by atoms with E-state index < -0.39 is 21.2 Å². The van der Waals surface area contributed by atoms with Crippen LogP contribution in [0.15, 0.2) is 18.2 Å². The number of hydrogen-bond donors (Lipinski definition) is 1. The minimum Gasteiger partial charge on any atom is -0.489 e. The molecule has 0 fully saturated rings. The topological polar surface area (TPSA) is 69.4 Å². The minimum absolute atomic E-state index is 0.0511. The van der Waals surface area contributed by atoms with Gasteiger partial charge in [-0.2, -0.15) is 0 Å². The average Bonchev–Trinajstić information content (AvgIpc) is 2.69. The summed E-state index contributed by atoms with van der Waals surface area (Å²) in [5, 5.41) is -0.471. The van der Waals surface area contributed by atoms with Crippen molar-refractivity contribution in [2.24, 2.45) is 5.73 Å². The lowest BCUT2D eigenvalue weighted by molar-refractivity contribution is 0.256. The van der Waals surface area contributed by atoms with Crippen LogP contribution in [-0.2, 0) is 16.3 Å². The highest BCUT2D eigenvalue weighted by Gasteiger charge is 2.30. The van der Waals surface area contributed by atoms with E-state index in [9.17, 15) is 12.8 Å². The Hall–Kier alpha value is -1.14. The molecule has 0 aromatic heterocycles. The summed E-state index contributed by atoms with van der Waals surface area (Å²) in [6.07, 6.45) is 0.445. The zero-order chi connectivity index (χ0) is 14.0. The zero-order valence-electron chi connectivity index (χ0n) is 10.8. The highest BCUT2D eigenvalue weighted by molar-refractivity contribution is 7.92. The summed E-state index contributed by atoms with van der Waals surface area (Å²) in [6.45, 7) is 2.00. The Bertz CT molecular complexity index is 559. The van der Waals surface area contributed by atoms with E-state index in [-0.39, 0.29) is 11.6 Å². The van der Waals surface area contributed by atoms with Crippen molar-refractivity contribution in [2.45, 2.75) is 31.1 Å². The largest absolute Gasteiger partial charge is 0.489 e. The van der Waals surface area contributed by atoms with Gasteiger partial charge in [0.1, 0.15) is 17.7 Å². The van der Waals surface area contributed by atoms with Crippen molar-refractivity contribution in [1.29, 1.82) is 0 Å². The maximum atomic E-state index is 13.1. The standard InChI is InChI=1S/C13H18FNO3S/c1-9(4-5-15)19(16,17)8-12-7-10-6-11(14)2-3-13(10)18-12/h2-3,6,9,12H,4-5,7-8,15H2,1H3. The first-order valence-electron chi connectivity index (χ1n) is 6.29. The van der Waals surface area contributed by atoms with Crippen molar-refractivity contribution in [1.82, 2.24) is 0 Å². The van der Waals surface area contributed by atoms with Crippen molar-refractivity contribution < 1.29 is 17.5 Å². The molecule has 0 aliphatic carbocycles. The zero-order valence-corrected chi connectivity index (χ0v) is 11.6. The first-order valence-corrected chi connectivity index (χ1v) is 8.00. The smallest absolute Gasteiger partial charge is 0.156 e. The summed E-state index contributed by atoms with van der Waals surface area (Å²) in [4.78, 5) is 0. The molecule has 0 amide bonds. The molecule has 0 spiro atoms. The van der Waals surface area contributed by atoms with E-state index in [1.165, 1.54) is 12.1 Å². The molecule has 4 nitrogen and oxygen atoms in total. The van der Waals surface area contributed by atoms with Gasteiger partial charge in [0.25, 0.3) is 0 Å². The monoisotopic (exact) mass is 287 g/mol. The molecule has 106 valence electrons. The van der Waals surface area contributed by atoms with Gasteiger partial charge in [0.2, 0.25) is 0 Å². The molecule has 19 heavy (non-hydrogen) atoms. The summed E-state index contributed by atoms with van der Waals surface area (Å²) in [7, 11) is -3.23. The maximum absolute atomic E-state index is 13.1. The van der Waals surface area contributed by atoms with Crippen LogP contribution in [0, 0.1) is 5.82 Å². The Balaban J connectivity index is 2.04. The molecule has 1 aromatic carbocycles. The van der Waals surface area contributed by atoms with E-state index in [1.54, 1.807) is 13.0 Å². The second-order valence-electron chi connectivity index (χ2n) is 4.91. The molecule has 0 radical (unpaired) electrons. The molecule has 1 aliphatic rings. The molecule has 2 rings (SSSR count). The van der Waals surface area contributed by atoms with Gasteiger partial charge in [-0.25, -0.2) is 12.8 Å². The van der Waals surface area contributed by atoms with E-state index in [2.05, 4.69) is 0 Å². The maximum Gasteiger partial charge on any atom is 0.156 e. The van der Waals surface area contributed by atoms with E-state index >= 15 is 0 Å². The van der Waals surface area contributed by atoms with Gasteiger partial charge in [-0.1, -0.05) is 0 Å². The lowest BCUT2D eigenvalue weighted by atomic mass is 10.1. The summed E-state index contributed by atoms with van der Waals surface area (Å²) >= 11 is 0. The normalized spacial score (nSPS) is 19.8. The molecular formula is C13H18FNO3S. The molecule has 2 N–H and O–H groups in total. The van der Waals surface area contributed by atoms with E-state index in [1.807, 2.05) is 0 Å². The number of benzene rings is 1. The molecule has 2 unspecified atom stereocenters. The lowest BCUT2D eigenvalue weighted by Crippen LogP contribution is -2.32. The van der Waals surface area contributed by atoms with Crippen LogP contribution >= 0.6 is 0 Å². The van der Waals surface area contributed by atoms with Crippen molar-refractivity contribution in [3.8, 4) is 5.75 Å². The second kappa shape index (κ2) is 5.46. The third kappa shape index (κ3) is 3.25. The van der Waals surface area contributed by atoms with Crippen LogP contribution < -0.4 is 10.5 Å². The second-order valence-corrected chi connectivity index (χ2v) is 7.38. The summed E-state index contributed by atoms with van der Waals surface area (Å²) in [5.74, 6) is 0.195. The van der Waals surface area contributed by atoms with Crippen LogP contribution in [0.4, 0.5) is 4.39 Å². The lowest BCUT2D eigenvalue weighted by Gasteiger charge is -2.15. The first kappa shape index (κ1) is 14.3. The van der Waals surface area contributed by atoms with Crippen LogP contribution in [-0.4, -0.2) is 32.1 Å². The van der Waals surface area contributed by atoms with Crippen LogP contribution in [0.3, 0.4) is 0 Å². The van der Waals surface area contributed by atoms with Crippen LogP contribution in [0.1, 0.15) is 18.9 Å². The molecule has 1 aliphatic heterocycles. The SMILES string of the molecule is CC(CCN)S(=O)(=O)CC1Cc2cc(F)ccc2O1. The minimum atomic E-state index is -3.23. The van der Waals surface area contributed by atoms with Gasteiger partial charge in [0, 0.05) is 12.0 Å². The Kier molecular flexibility index (Phi) is 4.10. The highest BCUT2D eigenvalue weighted by atomic mass is 32.2. The Morgan fingerprint density at radius 1 is 1.53 bits per heavy atom. The van der Waals surface area contributed by atoms with Crippen molar-refractivity contribution in [3.05, 3.63) is 29.6 Å². The van der Waals surface area contributed by atoms with Crippen molar-refractivity contribution in [2.75, 3.05) is 12.3 Å². The van der Waals surface area contributed by atoms with Gasteiger partial charge in [-0.15, -0.1) is 0 Å². The van der Waals surface area contributed by atoms with Gasteiger partial charge in [0.15, 0.2) is 9.84 Å². The van der Waals surface area contributed by atoms with Gasteiger partial charge < -0.3 is 10.5 Å². The number of hydrogen-bond acceptors (Lipinski definition) is 4. The fourth-order valence-corrected chi connectivity index (χ4v) is 3.75.